The van der Waals surface area contributed by atoms with Gasteiger partial charge in [-0.05, 0) is 71.7 Å². The van der Waals surface area contributed by atoms with Crippen molar-refractivity contribution in [1.29, 1.82) is 0 Å². The third-order valence-electron chi connectivity index (χ3n) is 8.88. The Balaban J connectivity index is 1.26. The first-order chi connectivity index (χ1) is 22.8. The maximum Gasteiger partial charge on any atom is 0.311 e. The summed E-state index contributed by atoms with van der Waals surface area (Å²) in [5.74, 6) is -2.39. The number of oxazole rings is 1. The summed E-state index contributed by atoms with van der Waals surface area (Å²) < 4.78 is 22.5. The van der Waals surface area contributed by atoms with Gasteiger partial charge >= 0.3 is 11.9 Å². The van der Waals surface area contributed by atoms with E-state index in [9.17, 15) is 19.5 Å². The number of aliphatic carboxylic acids is 1. The van der Waals surface area contributed by atoms with Gasteiger partial charge in [0.25, 0.3) is 5.91 Å². The molecule has 0 spiro atoms. The van der Waals surface area contributed by atoms with Gasteiger partial charge in [0.15, 0.2) is 23.2 Å². The lowest BCUT2D eigenvalue weighted by Crippen LogP contribution is -2.48. The number of carboxylic acids is 1. The number of esters is 1. The second-order valence-corrected chi connectivity index (χ2v) is 11.8. The molecule has 7 rings (SSSR count). The van der Waals surface area contributed by atoms with Crippen LogP contribution in [0.15, 0.2) is 95.4 Å². The molecule has 2 aliphatic rings. The summed E-state index contributed by atoms with van der Waals surface area (Å²) in [6, 6.07) is 26.6. The lowest BCUT2D eigenvalue weighted by Gasteiger charge is -2.36. The Bertz CT molecular complexity index is 1980. The van der Waals surface area contributed by atoms with Gasteiger partial charge < -0.3 is 28.6 Å². The molecule has 0 aliphatic carbocycles. The van der Waals surface area contributed by atoms with Crippen LogP contribution in [0.25, 0.3) is 27.9 Å². The maximum absolute atomic E-state index is 14.3. The van der Waals surface area contributed by atoms with Crippen LogP contribution in [-0.2, 0) is 25.7 Å². The van der Waals surface area contributed by atoms with E-state index in [1.54, 1.807) is 11.0 Å². The quantitative estimate of drug-likeness (QED) is 0.176. The number of nitrogens with zero attached hydrogens (tertiary/aromatic N) is 2. The summed E-state index contributed by atoms with van der Waals surface area (Å²) in [5.41, 5.74) is 3.17. The van der Waals surface area contributed by atoms with Gasteiger partial charge in [-0.3, -0.25) is 14.4 Å². The van der Waals surface area contributed by atoms with Crippen LogP contribution in [0.3, 0.4) is 0 Å². The molecule has 1 saturated heterocycles. The summed E-state index contributed by atoms with van der Waals surface area (Å²) in [5, 5.41) is 11.9. The number of hydrogen-bond acceptors (Lipinski definition) is 8. The highest BCUT2D eigenvalue weighted by Crippen LogP contribution is 2.39. The minimum atomic E-state index is -1.43. The molecule has 1 amide bonds. The number of fused-ring (bicyclic) bond motifs is 3. The normalized spacial score (nSPS) is 18.4. The van der Waals surface area contributed by atoms with Gasteiger partial charge in [-0.2, -0.15) is 0 Å². The first-order valence-corrected chi connectivity index (χ1v) is 15.5. The molecule has 1 aromatic heterocycles. The molecule has 10 nitrogen and oxygen atoms in total. The predicted molar refractivity (Wildman–Crippen MR) is 173 cm³/mol. The first kappa shape index (κ1) is 30.0. The lowest BCUT2D eigenvalue weighted by molar-refractivity contribution is -0.159. The Kier molecular flexibility index (Phi) is 8.07. The van der Waals surface area contributed by atoms with Crippen molar-refractivity contribution in [2.24, 2.45) is 5.92 Å². The van der Waals surface area contributed by atoms with E-state index in [4.69, 9.17) is 18.6 Å². The molecule has 47 heavy (non-hydrogen) atoms. The van der Waals surface area contributed by atoms with E-state index in [0.29, 0.717) is 29.4 Å². The van der Waals surface area contributed by atoms with Crippen molar-refractivity contribution >= 4 is 45.8 Å². The molecular weight excluding hydrogens is 600 g/mol. The van der Waals surface area contributed by atoms with Gasteiger partial charge in [0, 0.05) is 18.5 Å². The number of hydrogen-bond donors (Lipinski definition) is 1. The summed E-state index contributed by atoms with van der Waals surface area (Å²) in [6.45, 7) is 2.21. The fourth-order valence-electron chi connectivity index (χ4n) is 6.37. The minimum Gasteiger partial charge on any atom is -0.481 e. The fraction of sp³-hybridized carbons (Fsp3) is 0.243. The molecular formula is C37H32N2O8. The molecule has 1 fully saturated rings. The molecule has 10 heteroatoms. The number of carbonyl (C=O) groups is 3. The number of allylic oxidation sites excluding steroid dienone is 1. The zero-order valence-electron chi connectivity index (χ0n) is 25.6. The highest BCUT2D eigenvalue weighted by molar-refractivity contribution is 5.94. The maximum atomic E-state index is 14.3. The van der Waals surface area contributed by atoms with Crippen LogP contribution < -0.4 is 9.47 Å². The second kappa shape index (κ2) is 12.6. The number of ether oxygens (including phenoxy) is 3. The number of benzene rings is 4. The summed E-state index contributed by atoms with van der Waals surface area (Å²) >= 11 is 0. The van der Waals surface area contributed by atoms with Crippen LogP contribution in [0.2, 0.25) is 0 Å². The van der Waals surface area contributed by atoms with E-state index in [2.05, 4.69) is 4.98 Å². The number of cyclic esters (lactones) is 1. The monoisotopic (exact) mass is 632 g/mol. The number of carboxylic acid groups (broad SMARTS) is 1. The van der Waals surface area contributed by atoms with Gasteiger partial charge in [-0.1, -0.05) is 60.7 Å². The largest absolute Gasteiger partial charge is 0.481 e. The number of amides is 1. The Morgan fingerprint density at radius 3 is 2.60 bits per heavy atom. The van der Waals surface area contributed by atoms with Crippen molar-refractivity contribution in [2.45, 2.75) is 44.4 Å². The van der Waals surface area contributed by atoms with E-state index in [1.165, 1.54) is 0 Å². The molecule has 0 bridgehead atoms. The van der Waals surface area contributed by atoms with Crippen LogP contribution in [0.1, 0.15) is 42.7 Å². The average Bonchev–Trinajstić information content (AvgIpc) is 3.82. The third kappa shape index (κ3) is 6.14. The number of aromatic nitrogens is 1. The molecule has 4 atom stereocenters. The van der Waals surface area contributed by atoms with E-state index in [-0.39, 0.29) is 25.7 Å². The average molecular weight is 633 g/mol. The van der Waals surface area contributed by atoms with E-state index in [0.717, 1.165) is 27.4 Å². The fourth-order valence-corrected chi connectivity index (χ4v) is 6.37. The van der Waals surface area contributed by atoms with Gasteiger partial charge in [0.1, 0.15) is 11.4 Å². The number of carbonyl (C=O) groups excluding carboxylic acids is 2. The Morgan fingerprint density at radius 2 is 1.77 bits per heavy atom. The molecule has 238 valence electrons. The van der Waals surface area contributed by atoms with Crippen molar-refractivity contribution in [1.82, 2.24) is 9.88 Å². The van der Waals surface area contributed by atoms with Crippen molar-refractivity contribution in [3.05, 3.63) is 108 Å². The highest BCUT2D eigenvalue weighted by Gasteiger charge is 2.47. The van der Waals surface area contributed by atoms with Crippen molar-refractivity contribution in [3.63, 3.8) is 0 Å². The standard InChI is InChI=1S/C37H32N2O8/c1-22(27(26-15-16-31-32(18-26)45-21-44-31)9-6-12-33-38-29-10-4-5-11-30(29)46-33)39(36(41)35-28(37(42)43)19-34(40)47-35)20-23-13-14-24-7-2-3-8-25(24)17-23/h2-8,10-18,22,27-28,35H,9,19-21H2,1H3,(H,42,43). The van der Waals surface area contributed by atoms with Crippen LogP contribution >= 0.6 is 0 Å². The number of rotatable bonds is 10. The molecule has 5 aromatic rings. The van der Waals surface area contributed by atoms with E-state index < -0.39 is 35.9 Å². The Morgan fingerprint density at radius 1 is 0.979 bits per heavy atom. The highest BCUT2D eigenvalue weighted by atomic mass is 16.7. The zero-order valence-corrected chi connectivity index (χ0v) is 25.6. The third-order valence-corrected chi connectivity index (χ3v) is 8.88. The molecule has 1 N–H and O–H groups in total. The molecule has 4 unspecified atom stereocenters. The van der Waals surface area contributed by atoms with E-state index in [1.807, 2.05) is 97.9 Å². The molecule has 4 aromatic carbocycles. The predicted octanol–water partition coefficient (Wildman–Crippen LogP) is 6.33. The summed E-state index contributed by atoms with van der Waals surface area (Å²) in [7, 11) is 0. The Hall–Kier alpha value is -5.64. The summed E-state index contributed by atoms with van der Waals surface area (Å²) in [6.07, 6.45) is 2.43. The Labute approximate surface area is 270 Å². The SMILES string of the molecule is CC(C(CC=Cc1nc2ccccc2o1)c1ccc2c(c1)OCO2)N(Cc1ccc2ccccc2c1)C(=O)C1OC(=O)CC1C(=O)O. The topological polar surface area (TPSA) is 128 Å². The van der Waals surface area contributed by atoms with Crippen LogP contribution in [0.5, 0.6) is 11.5 Å². The molecule has 0 saturated carbocycles. The minimum absolute atomic E-state index is 0.118. The smallest absolute Gasteiger partial charge is 0.311 e. The van der Waals surface area contributed by atoms with Crippen molar-refractivity contribution < 1.29 is 38.1 Å². The molecule has 3 heterocycles. The van der Waals surface area contributed by atoms with Gasteiger partial charge in [-0.25, -0.2) is 4.98 Å². The van der Waals surface area contributed by atoms with Gasteiger partial charge in [-0.15, -0.1) is 0 Å². The van der Waals surface area contributed by atoms with Crippen LogP contribution in [0, 0.1) is 5.92 Å². The first-order valence-electron chi connectivity index (χ1n) is 15.5. The van der Waals surface area contributed by atoms with Crippen molar-refractivity contribution in [2.75, 3.05) is 6.79 Å². The lowest BCUT2D eigenvalue weighted by atomic mass is 9.87. The van der Waals surface area contributed by atoms with Crippen LogP contribution in [0.4, 0.5) is 0 Å². The number of para-hydroxylation sites is 2. The second-order valence-electron chi connectivity index (χ2n) is 11.8. The summed E-state index contributed by atoms with van der Waals surface area (Å²) in [4.78, 5) is 44.9. The van der Waals surface area contributed by atoms with E-state index >= 15 is 0 Å². The van der Waals surface area contributed by atoms with Crippen LogP contribution in [-0.4, -0.2) is 51.8 Å². The molecule has 2 aliphatic heterocycles. The molecule has 0 radical (unpaired) electrons. The van der Waals surface area contributed by atoms with Crippen molar-refractivity contribution in [3.8, 4) is 11.5 Å². The van der Waals surface area contributed by atoms with Gasteiger partial charge in [0.05, 0.1) is 6.42 Å². The van der Waals surface area contributed by atoms with Gasteiger partial charge in [0.2, 0.25) is 12.7 Å². The zero-order chi connectivity index (χ0) is 32.5.